The number of ether oxygens (including phenoxy) is 1. The molecular formula is C22H20N2O4. The number of hydrogen-bond donors (Lipinski definition) is 3. The van der Waals surface area contributed by atoms with Crippen molar-refractivity contribution < 1.29 is 19.7 Å². The summed E-state index contributed by atoms with van der Waals surface area (Å²) in [5.74, 6) is -0.0519. The smallest absolute Gasteiger partial charge is 0.280 e. The topological polar surface area (TPSA) is 91.2 Å². The lowest BCUT2D eigenvalue weighted by atomic mass is 10.1. The normalized spacial score (nSPS) is 11.9. The fourth-order valence-corrected chi connectivity index (χ4v) is 2.51. The Hall–Kier alpha value is -3.80. The minimum absolute atomic E-state index is 0.0565. The third-order valence-electron chi connectivity index (χ3n) is 4.04. The Morgan fingerprint density at radius 2 is 1.68 bits per heavy atom. The van der Waals surface area contributed by atoms with E-state index in [2.05, 4.69) is 10.5 Å². The molecule has 28 heavy (non-hydrogen) atoms. The average Bonchev–Trinajstić information content (AvgIpc) is 2.70. The number of aromatic hydroxyl groups is 2. The molecule has 0 bridgehead atoms. The lowest BCUT2D eigenvalue weighted by molar-refractivity contribution is -0.127. The van der Waals surface area contributed by atoms with Crippen LogP contribution in [0.25, 0.3) is 11.1 Å². The van der Waals surface area contributed by atoms with Crippen molar-refractivity contribution in [2.75, 3.05) is 0 Å². The molecule has 1 amide bonds. The Bertz CT molecular complexity index is 970. The Morgan fingerprint density at radius 1 is 1.00 bits per heavy atom. The number of carbonyl (C=O) groups excluding carboxylic acids is 1. The summed E-state index contributed by atoms with van der Waals surface area (Å²) < 4.78 is 5.64. The Labute approximate surface area is 162 Å². The van der Waals surface area contributed by atoms with Gasteiger partial charge < -0.3 is 14.9 Å². The van der Waals surface area contributed by atoms with Crippen LogP contribution < -0.4 is 10.2 Å². The lowest BCUT2D eigenvalue weighted by Crippen LogP contribution is -2.33. The molecule has 0 heterocycles. The molecule has 0 aliphatic heterocycles. The first kappa shape index (κ1) is 19.0. The van der Waals surface area contributed by atoms with Crippen LogP contribution in [0.3, 0.4) is 0 Å². The Balaban J connectivity index is 1.56. The fourth-order valence-electron chi connectivity index (χ4n) is 2.51. The molecular weight excluding hydrogens is 356 g/mol. The van der Waals surface area contributed by atoms with Crippen molar-refractivity contribution >= 4 is 12.1 Å². The number of carbonyl (C=O) groups is 1. The largest absolute Gasteiger partial charge is 0.508 e. The number of nitrogens with zero attached hydrogens (tertiary/aromatic N) is 1. The van der Waals surface area contributed by atoms with E-state index < -0.39 is 12.0 Å². The summed E-state index contributed by atoms with van der Waals surface area (Å²) in [6, 6.07) is 21.5. The molecule has 0 aliphatic carbocycles. The van der Waals surface area contributed by atoms with Gasteiger partial charge in [0.2, 0.25) is 0 Å². The third-order valence-corrected chi connectivity index (χ3v) is 4.04. The van der Waals surface area contributed by atoms with Crippen LogP contribution in [0.15, 0.2) is 77.9 Å². The number of rotatable bonds is 6. The molecule has 3 aromatic rings. The predicted molar refractivity (Wildman–Crippen MR) is 107 cm³/mol. The van der Waals surface area contributed by atoms with Gasteiger partial charge in [0.15, 0.2) is 6.10 Å². The van der Waals surface area contributed by atoms with Crippen LogP contribution in [0.2, 0.25) is 0 Å². The number of benzene rings is 3. The first-order chi connectivity index (χ1) is 13.5. The highest BCUT2D eigenvalue weighted by Gasteiger charge is 2.14. The van der Waals surface area contributed by atoms with Gasteiger partial charge in [-0.15, -0.1) is 0 Å². The first-order valence-electron chi connectivity index (χ1n) is 8.70. The second kappa shape index (κ2) is 8.73. The average molecular weight is 376 g/mol. The van der Waals surface area contributed by atoms with Gasteiger partial charge in [-0.3, -0.25) is 4.79 Å². The van der Waals surface area contributed by atoms with Crippen molar-refractivity contribution in [3.63, 3.8) is 0 Å². The number of hydrogen-bond acceptors (Lipinski definition) is 5. The Kier molecular flexibility index (Phi) is 5.91. The molecule has 1 unspecified atom stereocenters. The molecule has 0 fully saturated rings. The van der Waals surface area contributed by atoms with Crippen LogP contribution in [0.4, 0.5) is 0 Å². The molecule has 0 saturated heterocycles. The summed E-state index contributed by atoms with van der Waals surface area (Å²) >= 11 is 0. The molecule has 142 valence electrons. The van der Waals surface area contributed by atoms with E-state index in [0.717, 1.165) is 11.1 Å². The summed E-state index contributed by atoms with van der Waals surface area (Å²) in [6.07, 6.45) is 0.529. The molecule has 3 rings (SSSR count). The maximum Gasteiger partial charge on any atom is 0.280 e. The van der Waals surface area contributed by atoms with Crippen LogP contribution in [-0.4, -0.2) is 28.4 Å². The number of nitrogens with one attached hydrogen (secondary N) is 1. The summed E-state index contributed by atoms with van der Waals surface area (Å²) in [5.41, 5.74) is 4.89. The highest BCUT2D eigenvalue weighted by Crippen LogP contribution is 2.23. The molecule has 6 nitrogen and oxygen atoms in total. The zero-order valence-corrected chi connectivity index (χ0v) is 15.2. The van der Waals surface area contributed by atoms with Crippen molar-refractivity contribution in [1.82, 2.24) is 5.43 Å². The summed E-state index contributed by atoms with van der Waals surface area (Å²) in [7, 11) is 0. The zero-order chi connectivity index (χ0) is 19.9. The van der Waals surface area contributed by atoms with E-state index in [0.29, 0.717) is 11.3 Å². The molecule has 1 atom stereocenters. The quantitative estimate of drug-likeness (QED) is 0.452. The highest BCUT2D eigenvalue weighted by atomic mass is 16.5. The number of amides is 1. The maximum atomic E-state index is 12.1. The molecule has 6 heteroatoms. The second-order valence-corrected chi connectivity index (χ2v) is 6.13. The molecule has 3 N–H and O–H groups in total. The van der Waals surface area contributed by atoms with Gasteiger partial charge >= 0.3 is 0 Å². The summed E-state index contributed by atoms with van der Waals surface area (Å²) in [5, 5.41) is 22.7. The highest BCUT2D eigenvalue weighted by molar-refractivity contribution is 5.86. The molecule has 3 aromatic carbocycles. The van der Waals surface area contributed by atoms with Gasteiger partial charge in [0.05, 0.1) is 6.21 Å². The van der Waals surface area contributed by atoms with Gasteiger partial charge in [0.1, 0.15) is 17.2 Å². The van der Waals surface area contributed by atoms with Gasteiger partial charge in [-0.2, -0.15) is 5.10 Å². The van der Waals surface area contributed by atoms with Crippen LogP contribution in [-0.2, 0) is 4.79 Å². The molecule has 0 spiro atoms. The van der Waals surface area contributed by atoms with Crippen molar-refractivity contribution in [1.29, 1.82) is 0 Å². The van der Waals surface area contributed by atoms with E-state index in [9.17, 15) is 15.0 Å². The van der Waals surface area contributed by atoms with Crippen LogP contribution in [0, 0.1) is 0 Å². The zero-order valence-electron chi connectivity index (χ0n) is 15.2. The van der Waals surface area contributed by atoms with Crippen molar-refractivity contribution in [2.24, 2.45) is 5.10 Å². The fraction of sp³-hybridized carbons (Fsp3) is 0.0909. The van der Waals surface area contributed by atoms with Gasteiger partial charge in [0.25, 0.3) is 5.91 Å². The second-order valence-electron chi connectivity index (χ2n) is 6.13. The minimum Gasteiger partial charge on any atom is -0.508 e. The SMILES string of the molecule is CC(Oc1ccc(-c2ccccc2)cc1)C(=O)NN=Cc1ccc(O)cc1O. The monoisotopic (exact) mass is 376 g/mol. The van der Waals surface area contributed by atoms with Gasteiger partial charge in [0, 0.05) is 11.6 Å². The van der Waals surface area contributed by atoms with E-state index in [-0.39, 0.29) is 11.5 Å². The Morgan fingerprint density at radius 3 is 2.36 bits per heavy atom. The van der Waals surface area contributed by atoms with Crippen LogP contribution in [0.1, 0.15) is 12.5 Å². The number of phenolic OH excluding ortho intramolecular Hbond substituents is 2. The lowest BCUT2D eigenvalue weighted by Gasteiger charge is -2.13. The van der Waals surface area contributed by atoms with Gasteiger partial charge in [-0.05, 0) is 42.3 Å². The molecule has 0 aliphatic rings. The van der Waals surface area contributed by atoms with E-state index in [1.165, 1.54) is 24.4 Å². The third kappa shape index (κ3) is 4.88. The standard InChI is InChI=1S/C22H20N2O4/c1-15(22(27)24-23-14-18-7-10-19(25)13-21(18)26)28-20-11-8-17(9-12-20)16-5-3-2-4-6-16/h2-15,25-26H,1H3,(H,24,27). The number of phenols is 2. The van der Waals surface area contributed by atoms with Crippen LogP contribution >= 0.6 is 0 Å². The van der Waals surface area contributed by atoms with Crippen molar-refractivity contribution in [2.45, 2.75) is 13.0 Å². The van der Waals surface area contributed by atoms with E-state index >= 15 is 0 Å². The number of hydrazone groups is 1. The first-order valence-corrected chi connectivity index (χ1v) is 8.70. The van der Waals surface area contributed by atoms with Gasteiger partial charge in [-0.25, -0.2) is 5.43 Å². The predicted octanol–water partition coefficient (Wildman–Crippen LogP) is 3.68. The minimum atomic E-state index is -0.756. The van der Waals surface area contributed by atoms with Crippen LogP contribution in [0.5, 0.6) is 17.2 Å². The van der Waals surface area contributed by atoms with Gasteiger partial charge in [-0.1, -0.05) is 42.5 Å². The maximum absolute atomic E-state index is 12.1. The van der Waals surface area contributed by atoms with Crippen molar-refractivity contribution in [3.8, 4) is 28.4 Å². The van der Waals surface area contributed by atoms with E-state index in [1.54, 1.807) is 6.92 Å². The molecule has 0 radical (unpaired) electrons. The van der Waals surface area contributed by atoms with E-state index in [1.807, 2.05) is 54.6 Å². The molecule has 0 saturated carbocycles. The summed E-state index contributed by atoms with van der Waals surface area (Å²) in [4.78, 5) is 12.1. The summed E-state index contributed by atoms with van der Waals surface area (Å²) in [6.45, 7) is 1.62. The molecule has 0 aromatic heterocycles. The van der Waals surface area contributed by atoms with Crippen molar-refractivity contribution in [3.05, 3.63) is 78.4 Å². The van der Waals surface area contributed by atoms with E-state index in [4.69, 9.17) is 4.74 Å².